The Bertz CT molecular complexity index is 285. The van der Waals surface area contributed by atoms with E-state index in [1.54, 1.807) is 11.3 Å². The quantitative estimate of drug-likeness (QED) is 0.557. The molecule has 1 nitrogen and oxygen atoms in total. The van der Waals surface area contributed by atoms with Gasteiger partial charge in [-0.2, -0.15) is 0 Å². The number of fused-ring (bicyclic) bond motifs is 1. The summed E-state index contributed by atoms with van der Waals surface area (Å²) in [6.45, 7) is 2.08. The van der Waals surface area contributed by atoms with Crippen molar-refractivity contribution < 1.29 is 4.79 Å². The fourth-order valence-electron chi connectivity index (χ4n) is 1.37. The van der Waals surface area contributed by atoms with Crippen LogP contribution in [0.15, 0.2) is 5.38 Å². The summed E-state index contributed by atoms with van der Waals surface area (Å²) in [4.78, 5) is 12.1. The highest BCUT2D eigenvalue weighted by molar-refractivity contribution is 7.12. The zero-order valence-corrected chi connectivity index (χ0v) is 6.62. The number of thiophene rings is 1. The van der Waals surface area contributed by atoms with Crippen LogP contribution >= 0.6 is 11.3 Å². The molecule has 1 aromatic rings. The van der Waals surface area contributed by atoms with Crippen molar-refractivity contribution in [2.24, 2.45) is 0 Å². The summed E-state index contributed by atoms with van der Waals surface area (Å²) in [7, 11) is 0. The van der Waals surface area contributed by atoms with E-state index < -0.39 is 0 Å². The van der Waals surface area contributed by atoms with Gasteiger partial charge in [0.15, 0.2) is 5.78 Å². The summed E-state index contributed by atoms with van der Waals surface area (Å²) in [6.07, 6.45) is 1.71. The molecule has 0 aromatic carbocycles. The van der Waals surface area contributed by atoms with Crippen molar-refractivity contribution in [3.8, 4) is 0 Å². The first kappa shape index (κ1) is 6.10. The standard InChI is InChI=1S/C8H8OS/c1-5-4-10-8-6(5)2-3-7(8)9/h4H,2-3H2,1H3. The summed E-state index contributed by atoms with van der Waals surface area (Å²) in [5.41, 5.74) is 2.60. The minimum atomic E-state index is 0.341. The maximum atomic E-state index is 11.1. The van der Waals surface area contributed by atoms with E-state index in [2.05, 4.69) is 12.3 Å². The Kier molecular flexibility index (Phi) is 1.17. The van der Waals surface area contributed by atoms with Gasteiger partial charge >= 0.3 is 0 Å². The van der Waals surface area contributed by atoms with Gasteiger partial charge in [-0.05, 0) is 29.9 Å². The third kappa shape index (κ3) is 0.655. The summed E-state index contributed by atoms with van der Waals surface area (Å²) >= 11 is 1.60. The fraction of sp³-hybridized carbons (Fsp3) is 0.375. The number of aryl methyl sites for hydroxylation is 1. The van der Waals surface area contributed by atoms with Crippen molar-refractivity contribution in [1.82, 2.24) is 0 Å². The molecule has 1 heterocycles. The molecule has 0 saturated carbocycles. The molecule has 0 fully saturated rings. The van der Waals surface area contributed by atoms with Crippen LogP contribution < -0.4 is 0 Å². The van der Waals surface area contributed by atoms with E-state index in [0.717, 1.165) is 17.7 Å². The average Bonchev–Trinajstić information content (AvgIpc) is 2.41. The van der Waals surface area contributed by atoms with Gasteiger partial charge in [0.2, 0.25) is 0 Å². The summed E-state index contributed by atoms with van der Waals surface area (Å²) in [6, 6.07) is 0. The number of rotatable bonds is 0. The Morgan fingerprint density at radius 3 is 3.00 bits per heavy atom. The van der Waals surface area contributed by atoms with Crippen LogP contribution in [0, 0.1) is 6.92 Å². The van der Waals surface area contributed by atoms with E-state index in [0.29, 0.717) is 5.78 Å². The minimum Gasteiger partial charge on any atom is -0.293 e. The zero-order chi connectivity index (χ0) is 7.14. The van der Waals surface area contributed by atoms with E-state index >= 15 is 0 Å². The van der Waals surface area contributed by atoms with E-state index in [1.165, 1.54) is 11.1 Å². The second-order valence-corrected chi connectivity index (χ2v) is 3.53. The Balaban J connectivity index is 2.63. The highest BCUT2D eigenvalue weighted by Gasteiger charge is 2.22. The summed E-state index contributed by atoms with van der Waals surface area (Å²) in [5.74, 6) is 0.341. The summed E-state index contributed by atoms with van der Waals surface area (Å²) in [5, 5.41) is 2.07. The van der Waals surface area contributed by atoms with Crippen molar-refractivity contribution in [3.63, 3.8) is 0 Å². The number of hydrogen-bond acceptors (Lipinski definition) is 2. The smallest absolute Gasteiger partial charge is 0.173 e. The molecule has 0 N–H and O–H groups in total. The molecular formula is C8H8OS. The van der Waals surface area contributed by atoms with Crippen molar-refractivity contribution in [3.05, 3.63) is 21.4 Å². The maximum Gasteiger partial charge on any atom is 0.173 e. The third-order valence-corrected chi connectivity index (χ3v) is 3.14. The monoisotopic (exact) mass is 152 g/mol. The zero-order valence-electron chi connectivity index (χ0n) is 5.81. The number of carbonyl (C=O) groups excluding carboxylic acids is 1. The molecule has 0 amide bonds. The van der Waals surface area contributed by atoms with Gasteiger partial charge in [0.05, 0.1) is 4.88 Å². The van der Waals surface area contributed by atoms with E-state index in [4.69, 9.17) is 0 Å². The molecule has 0 spiro atoms. The lowest BCUT2D eigenvalue weighted by atomic mass is 10.2. The Morgan fingerprint density at radius 1 is 1.50 bits per heavy atom. The molecule has 0 saturated heterocycles. The molecule has 1 aromatic heterocycles. The van der Waals surface area contributed by atoms with Crippen LogP contribution in [0.3, 0.4) is 0 Å². The third-order valence-electron chi connectivity index (χ3n) is 1.96. The SMILES string of the molecule is Cc1csc2c1CCC2=O. The molecule has 0 bridgehead atoms. The highest BCUT2D eigenvalue weighted by Crippen LogP contribution is 2.30. The van der Waals surface area contributed by atoms with Crippen LogP contribution in [0.1, 0.15) is 27.2 Å². The highest BCUT2D eigenvalue weighted by atomic mass is 32.1. The second kappa shape index (κ2) is 1.92. The number of hydrogen-bond donors (Lipinski definition) is 0. The lowest BCUT2D eigenvalue weighted by molar-refractivity contribution is 0.0998. The first-order valence-corrected chi connectivity index (χ1v) is 4.27. The predicted octanol–water partition coefficient (Wildman–Crippen LogP) is 2.19. The van der Waals surface area contributed by atoms with E-state index in [9.17, 15) is 4.79 Å². The molecule has 2 heteroatoms. The Labute approximate surface area is 63.7 Å². The first-order valence-electron chi connectivity index (χ1n) is 3.39. The molecule has 0 atom stereocenters. The molecule has 10 heavy (non-hydrogen) atoms. The van der Waals surface area contributed by atoms with Gasteiger partial charge < -0.3 is 0 Å². The maximum absolute atomic E-state index is 11.1. The van der Waals surface area contributed by atoms with Gasteiger partial charge in [-0.1, -0.05) is 0 Å². The molecule has 0 aliphatic heterocycles. The van der Waals surface area contributed by atoms with Gasteiger partial charge in [-0.15, -0.1) is 11.3 Å². The lowest BCUT2D eigenvalue weighted by Gasteiger charge is -1.86. The minimum absolute atomic E-state index is 0.341. The summed E-state index contributed by atoms with van der Waals surface area (Å²) < 4.78 is 0. The van der Waals surface area contributed by atoms with Crippen molar-refractivity contribution >= 4 is 17.1 Å². The molecule has 1 aliphatic carbocycles. The van der Waals surface area contributed by atoms with E-state index in [-0.39, 0.29) is 0 Å². The molecule has 0 unspecified atom stereocenters. The molecule has 1 aliphatic rings. The van der Waals surface area contributed by atoms with Crippen LogP contribution in [0.2, 0.25) is 0 Å². The van der Waals surface area contributed by atoms with Gasteiger partial charge in [-0.25, -0.2) is 0 Å². The topological polar surface area (TPSA) is 17.1 Å². The van der Waals surface area contributed by atoms with Crippen molar-refractivity contribution in [2.45, 2.75) is 19.8 Å². The predicted molar refractivity (Wildman–Crippen MR) is 41.7 cm³/mol. The van der Waals surface area contributed by atoms with Crippen molar-refractivity contribution in [2.75, 3.05) is 0 Å². The molecule has 0 radical (unpaired) electrons. The molecule has 2 rings (SSSR count). The van der Waals surface area contributed by atoms with E-state index in [1.807, 2.05) is 0 Å². The van der Waals surface area contributed by atoms with Crippen LogP contribution in [0.5, 0.6) is 0 Å². The average molecular weight is 152 g/mol. The Hall–Kier alpha value is -0.630. The van der Waals surface area contributed by atoms with Gasteiger partial charge in [0.1, 0.15) is 0 Å². The fourth-order valence-corrected chi connectivity index (χ4v) is 2.44. The number of Topliss-reactive ketones (excluding diaryl/α,β-unsaturated/α-hetero) is 1. The van der Waals surface area contributed by atoms with Gasteiger partial charge in [0, 0.05) is 6.42 Å². The van der Waals surface area contributed by atoms with Gasteiger partial charge in [-0.3, -0.25) is 4.79 Å². The number of ketones is 1. The largest absolute Gasteiger partial charge is 0.293 e. The molecule has 52 valence electrons. The molecular weight excluding hydrogens is 144 g/mol. The van der Waals surface area contributed by atoms with Crippen molar-refractivity contribution in [1.29, 1.82) is 0 Å². The number of carbonyl (C=O) groups is 1. The first-order chi connectivity index (χ1) is 4.79. The normalized spacial score (nSPS) is 15.9. The van der Waals surface area contributed by atoms with Crippen LogP contribution in [-0.2, 0) is 6.42 Å². The second-order valence-electron chi connectivity index (χ2n) is 2.65. The van der Waals surface area contributed by atoms with Crippen LogP contribution in [-0.4, -0.2) is 5.78 Å². The van der Waals surface area contributed by atoms with Gasteiger partial charge in [0.25, 0.3) is 0 Å². The Morgan fingerprint density at radius 2 is 2.30 bits per heavy atom. The lowest BCUT2D eigenvalue weighted by Crippen LogP contribution is -1.84. The van der Waals surface area contributed by atoms with Crippen LogP contribution in [0.25, 0.3) is 0 Å². The van der Waals surface area contributed by atoms with Crippen LogP contribution in [0.4, 0.5) is 0 Å².